The summed E-state index contributed by atoms with van der Waals surface area (Å²) in [6, 6.07) is 8.04. The summed E-state index contributed by atoms with van der Waals surface area (Å²) in [7, 11) is 0. The van der Waals surface area contributed by atoms with E-state index in [1.54, 1.807) is 0 Å². The second-order valence-electron chi connectivity index (χ2n) is 4.71. The Morgan fingerprint density at radius 2 is 1.88 bits per heavy atom. The molecule has 0 amide bonds. The predicted molar refractivity (Wildman–Crippen MR) is 68.6 cm³/mol. The van der Waals surface area contributed by atoms with Crippen LogP contribution in [0.5, 0.6) is 5.75 Å². The molecule has 1 aromatic carbocycles. The Hall–Kier alpha value is -1.02. The van der Waals surface area contributed by atoms with Crippen molar-refractivity contribution in [2.45, 2.75) is 39.7 Å². The Balaban J connectivity index is 2.47. The minimum Gasteiger partial charge on any atom is -0.493 e. The fourth-order valence-corrected chi connectivity index (χ4v) is 1.66. The molecule has 2 N–H and O–H groups in total. The average Bonchev–Trinajstić information content (AvgIpc) is 2.24. The molecule has 0 aliphatic rings. The van der Waals surface area contributed by atoms with Crippen molar-refractivity contribution in [3.05, 3.63) is 29.8 Å². The van der Waals surface area contributed by atoms with Crippen LogP contribution >= 0.6 is 0 Å². The van der Waals surface area contributed by atoms with Gasteiger partial charge in [-0.3, -0.25) is 0 Å². The predicted octanol–water partition coefficient (Wildman–Crippen LogP) is 3.52. The average molecular weight is 221 g/mol. The van der Waals surface area contributed by atoms with Crippen LogP contribution in [-0.4, -0.2) is 6.61 Å². The van der Waals surface area contributed by atoms with Crippen molar-refractivity contribution in [3.63, 3.8) is 0 Å². The minimum absolute atomic E-state index is 0.0290. The summed E-state index contributed by atoms with van der Waals surface area (Å²) < 4.78 is 5.77. The SMILES string of the molecule is CC(C)CCCOc1ccccc1[C@@H](C)N. The van der Waals surface area contributed by atoms with Gasteiger partial charge in [-0.2, -0.15) is 0 Å². The number of rotatable bonds is 6. The number of ether oxygens (including phenoxy) is 1. The van der Waals surface area contributed by atoms with Crippen molar-refractivity contribution >= 4 is 0 Å². The molecule has 1 atom stereocenters. The molecule has 0 saturated carbocycles. The van der Waals surface area contributed by atoms with Gasteiger partial charge in [-0.25, -0.2) is 0 Å². The first-order valence-electron chi connectivity index (χ1n) is 6.08. The quantitative estimate of drug-likeness (QED) is 0.746. The van der Waals surface area contributed by atoms with Gasteiger partial charge in [0, 0.05) is 11.6 Å². The highest BCUT2D eigenvalue weighted by Gasteiger charge is 2.06. The zero-order valence-corrected chi connectivity index (χ0v) is 10.6. The Morgan fingerprint density at radius 3 is 2.50 bits per heavy atom. The van der Waals surface area contributed by atoms with Crippen LogP contribution < -0.4 is 10.5 Å². The molecular weight excluding hydrogens is 198 g/mol. The molecule has 90 valence electrons. The van der Waals surface area contributed by atoms with Crippen molar-refractivity contribution in [3.8, 4) is 5.75 Å². The van der Waals surface area contributed by atoms with Crippen molar-refractivity contribution in [1.82, 2.24) is 0 Å². The molecule has 16 heavy (non-hydrogen) atoms. The molecule has 0 fully saturated rings. The summed E-state index contributed by atoms with van der Waals surface area (Å²) in [5.74, 6) is 1.67. The summed E-state index contributed by atoms with van der Waals surface area (Å²) in [6.45, 7) is 7.23. The fraction of sp³-hybridized carbons (Fsp3) is 0.571. The van der Waals surface area contributed by atoms with Crippen LogP contribution in [0.4, 0.5) is 0 Å². The molecule has 0 aromatic heterocycles. The van der Waals surface area contributed by atoms with Crippen molar-refractivity contribution in [1.29, 1.82) is 0 Å². The lowest BCUT2D eigenvalue weighted by Crippen LogP contribution is -2.08. The molecule has 0 bridgehead atoms. The maximum Gasteiger partial charge on any atom is 0.124 e. The highest BCUT2D eigenvalue weighted by molar-refractivity contribution is 5.35. The van der Waals surface area contributed by atoms with Crippen LogP contribution in [0.3, 0.4) is 0 Å². The number of hydrogen-bond acceptors (Lipinski definition) is 2. The van der Waals surface area contributed by atoms with Crippen LogP contribution in [0, 0.1) is 5.92 Å². The Bertz CT molecular complexity index is 307. The number of para-hydroxylation sites is 1. The van der Waals surface area contributed by atoms with Crippen LogP contribution in [0.2, 0.25) is 0 Å². The topological polar surface area (TPSA) is 35.2 Å². The van der Waals surface area contributed by atoms with E-state index in [2.05, 4.69) is 13.8 Å². The molecule has 2 heteroatoms. The lowest BCUT2D eigenvalue weighted by Gasteiger charge is -2.14. The number of nitrogens with two attached hydrogens (primary N) is 1. The first kappa shape index (κ1) is 13.0. The van der Waals surface area contributed by atoms with E-state index < -0.39 is 0 Å². The van der Waals surface area contributed by atoms with E-state index in [4.69, 9.17) is 10.5 Å². The molecule has 0 unspecified atom stereocenters. The molecular formula is C14H23NO. The Kier molecular flexibility index (Phi) is 5.33. The molecule has 0 saturated heterocycles. The lowest BCUT2D eigenvalue weighted by molar-refractivity contribution is 0.294. The maximum atomic E-state index is 5.89. The van der Waals surface area contributed by atoms with Gasteiger partial charge in [-0.1, -0.05) is 32.0 Å². The third-order valence-corrected chi connectivity index (χ3v) is 2.59. The Labute approximate surface area is 98.8 Å². The van der Waals surface area contributed by atoms with E-state index in [9.17, 15) is 0 Å². The summed E-state index contributed by atoms with van der Waals surface area (Å²) in [5.41, 5.74) is 6.98. The summed E-state index contributed by atoms with van der Waals surface area (Å²) in [4.78, 5) is 0. The van der Waals surface area contributed by atoms with E-state index in [1.165, 1.54) is 6.42 Å². The smallest absolute Gasteiger partial charge is 0.124 e. The standard InChI is InChI=1S/C14H23NO/c1-11(2)7-6-10-16-14-9-5-4-8-13(14)12(3)15/h4-5,8-9,11-12H,6-7,10,15H2,1-3H3/t12-/m1/s1. The third kappa shape index (κ3) is 4.23. The van der Waals surface area contributed by atoms with Crippen molar-refractivity contribution in [2.24, 2.45) is 11.7 Å². The van der Waals surface area contributed by atoms with Gasteiger partial charge in [0.1, 0.15) is 5.75 Å². The highest BCUT2D eigenvalue weighted by Crippen LogP contribution is 2.23. The van der Waals surface area contributed by atoms with Gasteiger partial charge >= 0.3 is 0 Å². The van der Waals surface area contributed by atoms with Gasteiger partial charge < -0.3 is 10.5 Å². The van der Waals surface area contributed by atoms with Crippen LogP contribution in [0.25, 0.3) is 0 Å². The second kappa shape index (κ2) is 6.54. The van der Waals surface area contributed by atoms with Crippen LogP contribution in [-0.2, 0) is 0 Å². The third-order valence-electron chi connectivity index (χ3n) is 2.59. The minimum atomic E-state index is 0.0290. The first-order chi connectivity index (χ1) is 7.61. The number of benzene rings is 1. The largest absolute Gasteiger partial charge is 0.493 e. The van der Waals surface area contributed by atoms with Gasteiger partial charge in [0.05, 0.1) is 6.61 Å². The van der Waals surface area contributed by atoms with Gasteiger partial charge in [0.25, 0.3) is 0 Å². The molecule has 0 aliphatic carbocycles. The Morgan fingerprint density at radius 1 is 1.19 bits per heavy atom. The first-order valence-corrected chi connectivity index (χ1v) is 6.08. The molecule has 0 heterocycles. The summed E-state index contributed by atoms with van der Waals surface area (Å²) in [5, 5.41) is 0. The molecule has 1 rings (SSSR count). The van der Waals surface area contributed by atoms with Crippen molar-refractivity contribution < 1.29 is 4.74 Å². The highest BCUT2D eigenvalue weighted by atomic mass is 16.5. The number of hydrogen-bond donors (Lipinski definition) is 1. The van der Waals surface area contributed by atoms with E-state index in [0.717, 1.165) is 30.3 Å². The zero-order chi connectivity index (χ0) is 12.0. The van der Waals surface area contributed by atoms with Gasteiger partial charge in [-0.05, 0) is 31.7 Å². The fourth-order valence-electron chi connectivity index (χ4n) is 1.66. The second-order valence-corrected chi connectivity index (χ2v) is 4.71. The van der Waals surface area contributed by atoms with Gasteiger partial charge in [0.2, 0.25) is 0 Å². The summed E-state index contributed by atoms with van der Waals surface area (Å²) in [6.07, 6.45) is 2.31. The monoisotopic (exact) mass is 221 g/mol. The van der Waals surface area contributed by atoms with Gasteiger partial charge in [-0.15, -0.1) is 0 Å². The molecule has 0 radical (unpaired) electrons. The molecule has 2 nitrogen and oxygen atoms in total. The normalized spacial score (nSPS) is 12.8. The van der Waals surface area contributed by atoms with Crippen LogP contribution in [0.1, 0.15) is 45.2 Å². The van der Waals surface area contributed by atoms with E-state index in [1.807, 2.05) is 31.2 Å². The molecule has 1 aromatic rings. The van der Waals surface area contributed by atoms with Crippen molar-refractivity contribution in [2.75, 3.05) is 6.61 Å². The van der Waals surface area contributed by atoms with E-state index >= 15 is 0 Å². The summed E-state index contributed by atoms with van der Waals surface area (Å²) >= 11 is 0. The van der Waals surface area contributed by atoms with E-state index in [0.29, 0.717) is 0 Å². The van der Waals surface area contributed by atoms with E-state index in [-0.39, 0.29) is 6.04 Å². The van der Waals surface area contributed by atoms with Gasteiger partial charge in [0.15, 0.2) is 0 Å². The van der Waals surface area contributed by atoms with Crippen LogP contribution in [0.15, 0.2) is 24.3 Å². The molecule has 0 aliphatic heterocycles. The molecule has 0 spiro atoms. The zero-order valence-electron chi connectivity index (χ0n) is 10.6. The lowest BCUT2D eigenvalue weighted by atomic mass is 10.1. The maximum absolute atomic E-state index is 5.89.